The molecule has 0 aliphatic carbocycles. The van der Waals surface area contributed by atoms with Crippen LogP contribution in [0, 0.1) is 6.92 Å². The van der Waals surface area contributed by atoms with Gasteiger partial charge in [0.25, 0.3) is 0 Å². The highest BCUT2D eigenvalue weighted by atomic mass is 32.1. The molecule has 0 radical (unpaired) electrons. The number of nitrogens with zero attached hydrogens (tertiary/aromatic N) is 3. The molecule has 0 bridgehead atoms. The molecule has 4 aromatic heterocycles. The van der Waals surface area contributed by atoms with Gasteiger partial charge in [0, 0.05) is 11.6 Å². The molecule has 0 aliphatic heterocycles. The third-order valence-corrected chi connectivity index (χ3v) is 5.09. The fourth-order valence-corrected chi connectivity index (χ4v) is 3.86. The van der Waals surface area contributed by atoms with Crippen LogP contribution in [0.15, 0.2) is 60.1 Å². The van der Waals surface area contributed by atoms with Gasteiger partial charge in [0.15, 0.2) is 0 Å². The minimum absolute atomic E-state index is 0.990. The van der Waals surface area contributed by atoms with Gasteiger partial charge in [-0.2, -0.15) is 0 Å². The monoisotopic (exact) mass is 315 g/mol. The Labute approximate surface area is 136 Å². The van der Waals surface area contributed by atoms with E-state index in [4.69, 9.17) is 9.97 Å². The third-order valence-electron chi connectivity index (χ3n) is 4.22. The Bertz CT molecular complexity index is 1170. The van der Waals surface area contributed by atoms with Gasteiger partial charge in [-0.3, -0.25) is 4.40 Å². The number of pyridine rings is 2. The maximum atomic E-state index is 4.95. The molecule has 0 saturated heterocycles. The molecule has 0 atom stereocenters. The van der Waals surface area contributed by atoms with Crippen LogP contribution < -0.4 is 0 Å². The Hall–Kier alpha value is -2.72. The van der Waals surface area contributed by atoms with Crippen molar-refractivity contribution >= 4 is 38.9 Å². The number of imidazole rings is 1. The second kappa shape index (κ2) is 4.64. The van der Waals surface area contributed by atoms with Gasteiger partial charge in [0.1, 0.15) is 22.4 Å². The first-order valence-corrected chi connectivity index (χ1v) is 8.41. The normalized spacial score (nSPS) is 11.7. The molecule has 0 fully saturated rings. The van der Waals surface area contributed by atoms with Crippen molar-refractivity contribution in [2.24, 2.45) is 0 Å². The zero-order valence-corrected chi connectivity index (χ0v) is 13.3. The first-order chi connectivity index (χ1) is 11.3. The molecule has 4 heterocycles. The average molecular weight is 315 g/mol. The maximum Gasteiger partial charge on any atom is 0.140 e. The van der Waals surface area contributed by atoms with Crippen molar-refractivity contribution in [2.75, 3.05) is 0 Å². The number of fused-ring (bicyclic) bond motifs is 5. The number of aryl methyl sites for hydroxylation is 1. The first kappa shape index (κ1) is 12.8. The number of rotatable bonds is 1. The zero-order chi connectivity index (χ0) is 15.4. The van der Waals surface area contributed by atoms with Crippen LogP contribution in [0.1, 0.15) is 5.56 Å². The van der Waals surface area contributed by atoms with E-state index in [-0.39, 0.29) is 0 Å². The third kappa shape index (κ3) is 1.75. The summed E-state index contributed by atoms with van der Waals surface area (Å²) in [6, 6.07) is 16.6. The molecular formula is C19H13N3S. The van der Waals surface area contributed by atoms with Crippen molar-refractivity contribution in [3.63, 3.8) is 0 Å². The molecule has 1 aromatic carbocycles. The second-order valence-corrected chi connectivity index (χ2v) is 6.60. The lowest BCUT2D eigenvalue weighted by atomic mass is 10.1. The summed E-state index contributed by atoms with van der Waals surface area (Å²) in [4.78, 5) is 11.1. The summed E-state index contributed by atoms with van der Waals surface area (Å²) < 4.78 is 2.17. The van der Waals surface area contributed by atoms with E-state index in [2.05, 4.69) is 59.3 Å². The van der Waals surface area contributed by atoms with E-state index < -0.39 is 0 Å². The first-order valence-electron chi connectivity index (χ1n) is 7.53. The van der Waals surface area contributed by atoms with Gasteiger partial charge in [-0.05, 0) is 36.1 Å². The summed E-state index contributed by atoms with van der Waals surface area (Å²) >= 11 is 1.71. The molecule has 0 aliphatic rings. The minimum Gasteiger partial charge on any atom is -0.297 e. The SMILES string of the molecule is Cc1cccn2c1nc1c3ccccc3nc(-c3cccs3)c12. The molecule has 0 amide bonds. The number of aromatic nitrogens is 3. The Morgan fingerprint density at radius 2 is 1.87 bits per heavy atom. The summed E-state index contributed by atoms with van der Waals surface area (Å²) in [7, 11) is 0. The highest BCUT2D eigenvalue weighted by Crippen LogP contribution is 2.35. The van der Waals surface area contributed by atoms with Gasteiger partial charge in [0.2, 0.25) is 0 Å². The van der Waals surface area contributed by atoms with Crippen LogP contribution >= 0.6 is 11.3 Å². The molecule has 5 aromatic rings. The molecule has 23 heavy (non-hydrogen) atoms. The molecule has 0 unspecified atom stereocenters. The largest absolute Gasteiger partial charge is 0.297 e. The summed E-state index contributed by atoms with van der Waals surface area (Å²) in [5.41, 5.74) is 6.28. The smallest absolute Gasteiger partial charge is 0.140 e. The van der Waals surface area contributed by atoms with Crippen LogP contribution in [-0.2, 0) is 0 Å². The Balaban J connectivity index is 2.10. The summed E-state index contributed by atoms with van der Waals surface area (Å²) in [6.45, 7) is 2.10. The topological polar surface area (TPSA) is 30.2 Å². The number of hydrogen-bond donors (Lipinski definition) is 0. The predicted molar refractivity (Wildman–Crippen MR) is 96.0 cm³/mol. The lowest BCUT2D eigenvalue weighted by Gasteiger charge is -2.05. The van der Waals surface area contributed by atoms with Crippen LogP contribution in [0.25, 0.3) is 38.2 Å². The Morgan fingerprint density at radius 1 is 0.957 bits per heavy atom. The summed E-state index contributed by atoms with van der Waals surface area (Å²) in [6.07, 6.45) is 2.07. The fourth-order valence-electron chi connectivity index (χ4n) is 3.15. The van der Waals surface area contributed by atoms with Gasteiger partial charge in [-0.1, -0.05) is 30.3 Å². The van der Waals surface area contributed by atoms with Crippen LogP contribution in [0.2, 0.25) is 0 Å². The average Bonchev–Trinajstić information content (AvgIpc) is 3.23. The highest BCUT2D eigenvalue weighted by molar-refractivity contribution is 7.13. The second-order valence-electron chi connectivity index (χ2n) is 5.65. The molecule has 110 valence electrons. The van der Waals surface area contributed by atoms with E-state index in [1.165, 1.54) is 10.4 Å². The van der Waals surface area contributed by atoms with Gasteiger partial charge in [-0.25, -0.2) is 9.97 Å². The Morgan fingerprint density at radius 3 is 2.74 bits per heavy atom. The minimum atomic E-state index is 0.990. The van der Waals surface area contributed by atoms with Crippen LogP contribution in [0.5, 0.6) is 0 Å². The number of benzene rings is 1. The van der Waals surface area contributed by atoms with Gasteiger partial charge in [0.05, 0.1) is 10.4 Å². The quantitative estimate of drug-likeness (QED) is 0.432. The lowest BCUT2D eigenvalue weighted by molar-refractivity contribution is 1.19. The van der Waals surface area contributed by atoms with Gasteiger partial charge < -0.3 is 0 Å². The van der Waals surface area contributed by atoms with E-state index in [1.54, 1.807) is 11.3 Å². The van der Waals surface area contributed by atoms with E-state index in [1.807, 2.05) is 12.1 Å². The van der Waals surface area contributed by atoms with Crippen LogP contribution in [0.4, 0.5) is 0 Å². The van der Waals surface area contributed by atoms with E-state index in [0.29, 0.717) is 0 Å². The molecule has 0 saturated carbocycles. The van der Waals surface area contributed by atoms with Crippen molar-refractivity contribution in [3.8, 4) is 10.6 Å². The van der Waals surface area contributed by atoms with E-state index in [9.17, 15) is 0 Å². The van der Waals surface area contributed by atoms with Crippen molar-refractivity contribution in [3.05, 3.63) is 65.7 Å². The lowest BCUT2D eigenvalue weighted by Crippen LogP contribution is -1.91. The van der Waals surface area contributed by atoms with Crippen LogP contribution in [-0.4, -0.2) is 14.4 Å². The van der Waals surface area contributed by atoms with Crippen molar-refractivity contribution < 1.29 is 0 Å². The molecule has 0 spiro atoms. The highest BCUT2D eigenvalue weighted by Gasteiger charge is 2.17. The zero-order valence-electron chi connectivity index (χ0n) is 12.5. The standard InChI is InChI=1S/C19H13N3S/c1-12-6-4-10-22-18-16(21-19(12)22)13-7-2-3-8-14(13)20-17(18)15-9-5-11-23-15/h2-11H,1H3. The molecule has 0 N–H and O–H groups in total. The summed E-state index contributed by atoms with van der Waals surface area (Å²) in [5.74, 6) is 0. The van der Waals surface area contributed by atoms with E-state index >= 15 is 0 Å². The van der Waals surface area contributed by atoms with Gasteiger partial charge >= 0.3 is 0 Å². The maximum absolute atomic E-state index is 4.95. The van der Waals surface area contributed by atoms with Crippen molar-refractivity contribution in [1.29, 1.82) is 0 Å². The molecule has 5 rings (SSSR count). The molecule has 3 nitrogen and oxygen atoms in total. The molecular weight excluding hydrogens is 302 g/mol. The number of para-hydroxylation sites is 1. The number of thiophene rings is 1. The van der Waals surface area contributed by atoms with Crippen molar-refractivity contribution in [2.45, 2.75) is 6.92 Å². The van der Waals surface area contributed by atoms with Gasteiger partial charge in [-0.15, -0.1) is 11.3 Å². The predicted octanol–water partition coefficient (Wildman–Crippen LogP) is 5.07. The van der Waals surface area contributed by atoms with E-state index in [0.717, 1.165) is 33.3 Å². The van der Waals surface area contributed by atoms with Crippen molar-refractivity contribution in [1.82, 2.24) is 14.4 Å². The molecule has 4 heteroatoms. The summed E-state index contributed by atoms with van der Waals surface area (Å²) in [5, 5.41) is 3.19. The Kier molecular flexibility index (Phi) is 2.58. The van der Waals surface area contributed by atoms with Crippen LogP contribution in [0.3, 0.4) is 0 Å². The fraction of sp³-hybridized carbons (Fsp3) is 0.0526. The number of hydrogen-bond acceptors (Lipinski definition) is 3.